The summed E-state index contributed by atoms with van der Waals surface area (Å²) in [6, 6.07) is 42.1. The van der Waals surface area contributed by atoms with Gasteiger partial charge in [-0.1, -0.05) is 129 Å². The van der Waals surface area contributed by atoms with Gasteiger partial charge in [0.1, 0.15) is 17.1 Å². The average molecular weight is 515 g/mol. The summed E-state index contributed by atoms with van der Waals surface area (Å²) in [7, 11) is 1.68. The zero-order chi connectivity index (χ0) is 27.1. The van der Waals surface area contributed by atoms with E-state index in [1.165, 1.54) is 0 Å². The molecule has 3 nitrogen and oxygen atoms in total. The Hall–Kier alpha value is -4.34. The minimum atomic E-state index is -1.47. The van der Waals surface area contributed by atoms with Crippen molar-refractivity contribution in [3.63, 3.8) is 0 Å². The van der Waals surface area contributed by atoms with Gasteiger partial charge in [-0.25, -0.2) is 0 Å². The maximum Gasteiger partial charge on any atom is 0.144 e. The number of rotatable bonds is 10. The molecule has 0 radical (unpaired) electrons. The molecule has 39 heavy (non-hydrogen) atoms. The van der Waals surface area contributed by atoms with Gasteiger partial charge in [0.25, 0.3) is 0 Å². The van der Waals surface area contributed by atoms with Gasteiger partial charge in [0.2, 0.25) is 0 Å². The number of aliphatic hydroxyl groups is 1. The third-order valence-electron chi connectivity index (χ3n) is 7.12. The van der Waals surface area contributed by atoms with Crippen molar-refractivity contribution in [3.8, 4) is 33.8 Å². The van der Waals surface area contributed by atoms with Gasteiger partial charge < -0.3 is 14.6 Å². The maximum absolute atomic E-state index is 12.9. The first-order chi connectivity index (χ1) is 19.2. The van der Waals surface area contributed by atoms with Crippen LogP contribution in [0.15, 0.2) is 127 Å². The van der Waals surface area contributed by atoms with Gasteiger partial charge in [0.05, 0.1) is 13.7 Å². The SMILES string of the molecule is CCCCOc1c(-c2ccccc2)cccc1C(O)(c1ccccc1)c1cccc(-c2ccccc2OC)c1. The van der Waals surface area contributed by atoms with Crippen LogP contribution in [-0.4, -0.2) is 18.8 Å². The van der Waals surface area contributed by atoms with Crippen LogP contribution in [0.2, 0.25) is 0 Å². The van der Waals surface area contributed by atoms with Crippen LogP contribution in [0.25, 0.3) is 22.3 Å². The molecule has 0 aliphatic heterocycles. The summed E-state index contributed by atoms with van der Waals surface area (Å²) < 4.78 is 12.2. The van der Waals surface area contributed by atoms with E-state index in [9.17, 15) is 5.11 Å². The number of hydrogen-bond donors (Lipinski definition) is 1. The molecule has 0 saturated carbocycles. The summed E-state index contributed by atoms with van der Waals surface area (Å²) in [6.07, 6.45) is 1.95. The van der Waals surface area contributed by atoms with E-state index in [1.807, 2.05) is 103 Å². The van der Waals surface area contributed by atoms with Gasteiger partial charge >= 0.3 is 0 Å². The number of unbranched alkanes of at least 4 members (excludes halogenated alkanes) is 1. The van der Waals surface area contributed by atoms with Gasteiger partial charge in [0.15, 0.2) is 0 Å². The quantitative estimate of drug-likeness (QED) is 0.150. The third kappa shape index (κ3) is 5.32. The Morgan fingerprint density at radius 3 is 2.00 bits per heavy atom. The van der Waals surface area contributed by atoms with Gasteiger partial charge in [-0.05, 0) is 40.8 Å². The largest absolute Gasteiger partial charge is 0.496 e. The molecule has 0 aliphatic rings. The number of hydrogen-bond acceptors (Lipinski definition) is 3. The van der Waals surface area contributed by atoms with E-state index < -0.39 is 5.60 Å². The molecule has 0 spiro atoms. The highest BCUT2D eigenvalue weighted by Crippen LogP contribution is 2.46. The first-order valence-electron chi connectivity index (χ1n) is 13.5. The van der Waals surface area contributed by atoms with Crippen LogP contribution >= 0.6 is 0 Å². The van der Waals surface area contributed by atoms with Crippen molar-refractivity contribution in [2.24, 2.45) is 0 Å². The van der Waals surface area contributed by atoms with Gasteiger partial charge in [-0.2, -0.15) is 0 Å². The standard InChI is InChI=1S/C36H34O3/c1-3-4-25-39-35-32(27-15-7-5-8-16-27)22-14-23-33(35)36(37,29-18-9-6-10-19-29)30-20-13-17-28(26-30)31-21-11-12-24-34(31)38-2/h5-24,26,37H,3-4,25H2,1-2H3. The van der Waals surface area contributed by atoms with E-state index in [-0.39, 0.29) is 0 Å². The molecule has 1 N–H and O–H groups in total. The second-order valence-electron chi connectivity index (χ2n) is 9.61. The van der Waals surface area contributed by atoms with E-state index >= 15 is 0 Å². The summed E-state index contributed by atoms with van der Waals surface area (Å²) in [5.74, 6) is 1.48. The molecule has 5 aromatic carbocycles. The second-order valence-corrected chi connectivity index (χ2v) is 9.61. The Labute approximate surface area is 231 Å². The van der Waals surface area contributed by atoms with E-state index in [2.05, 4.69) is 31.2 Å². The second kappa shape index (κ2) is 12.0. The Balaban J connectivity index is 1.76. The lowest BCUT2D eigenvalue weighted by Crippen LogP contribution is -2.30. The smallest absolute Gasteiger partial charge is 0.144 e. The molecule has 0 aliphatic carbocycles. The van der Waals surface area contributed by atoms with Crippen LogP contribution in [0, 0.1) is 0 Å². The Kier molecular flexibility index (Phi) is 8.10. The zero-order valence-corrected chi connectivity index (χ0v) is 22.5. The molecule has 0 aromatic heterocycles. The normalized spacial score (nSPS) is 12.5. The van der Waals surface area contributed by atoms with Crippen molar-refractivity contribution in [2.45, 2.75) is 25.4 Å². The summed E-state index contributed by atoms with van der Waals surface area (Å²) in [6.45, 7) is 2.72. The lowest BCUT2D eigenvalue weighted by Gasteiger charge is -2.33. The van der Waals surface area contributed by atoms with Crippen LogP contribution in [0.3, 0.4) is 0 Å². The Morgan fingerprint density at radius 2 is 1.26 bits per heavy atom. The Bertz CT molecular complexity index is 1510. The Morgan fingerprint density at radius 1 is 0.641 bits per heavy atom. The van der Waals surface area contributed by atoms with Gasteiger partial charge in [-0.3, -0.25) is 0 Å². The van der Waals surface area contributed by atoms with Crippen LogP contribution in [0.4, 0.5) is 0 Å². The zero-order valence-electron chi connectivity index (χ0n) is 22.5. The fourth-order valence-corrected chi connectivity index (χ4v) is 5.09. The minimum Gasteiger partial charge on any atom is -0.496 e. The lowest BCUT2D eigenvalue weighted by atomic mass is 9.78. The summed E-state index contributed by atoms with van der Waals surface area (Å²) >= 11 is 0. The van der Waals surface area contributed by atoms with E-state index in [4.69, 9.17) is 9.47 Å². The molecule has 0 bridgehead atoms. The van der Waals surface area contributed by atoms with Crippen molar-refractivity contribution < 1.29 is 14.6 Å². The van der Waals surface area contributed by atoms with Gasteiger partial charge in [-0.15, -0.1) is 0 Å². The van der Waals surface area contributed by atoms with E-state index in [1.54, 1.807) is 7.11 Å². The molecular formula is C36H34O3. The van der Waals surface area contributed by atoms with Crippen LogP contribution in [0.1, 0.15) is 36.5 Å². The molecule has 1 atom stereocenters. The van der Waals surface area contributed by atoms with Crippen molar-refractivity contribution in [1.82, 2.24) is 0 Å². The molecule has 0 amide bonds. The van der Waals surface area contributed by atoms with Crippen LogP contribution in [-0.2, 0) is 5.60 Å². The van der Waals surface area contributed by atoms with Crippen molar-refractivity contribution in [3.05, 3.63) is 144 Å². The first-order valence-corrected chi connectivity index (χ1v) is 13.5. The number of methoxy groups -OCH3 is 1. The molecule has 0 saturated heterocycles. The molecule has 5 rings (SSSR count). The van der Waals surface area contributed by atoms with Crippen molar-refractivity contribution in [1.29, 1.82) is 0 Å². The lowest BCUT2D eigenvalue weighted by molar-refractivity contribution is 0.120. The highest BCUT2D eigenvalue weighted by Gasteiger charge is 2.37. The topological polar surface area (TPSA) is 38.7 Å². The highest BCUT2D eigenvalue weighted by atomic mass is 16.5. The summed E-state index contributed by atoms with van der Waals surface area (Å²) in [5.41, 5.74) is 4.70. The number of benzene rings is 5. The fourth-order valence-electron chi connectivity index (χ4n) is 5.09. The fraction of sp³-hybridized carbons (Fsp3) is 0.167. The van der Waals surface area contributed by atoms with E-state index in [0.717, 1.165) is 52.0 Å². The molecule has 5 aromatic rings. The van der Waals surface area contributed by atoms with Crippen molar-refractivity contribution >= 4 is 0 Å². The molecule has 0 fully saturated rings. The van der Waals surface area contributed by atoms with Gasteiger partial charge in [0, 0.05) is 16.7 Å². The summed E-state index contributed by atoms with van der Waals surface area (Å²) in [5, 5.41) is 12.9. The minimum absolute atomic E-state index is 0.569. The monoisotopic (exact) mass is 514 g/mol. The maximum atomic E-state index is 12.9. The highest BCUT2D eigenvalue weighted by molar-refractivity contribution is 5.75. The molecule has 1 unspecified atom stereocenters. The molecule has 196 valence electrons. The van der Waals surface area contributed by atoms with E-state index in [0.29, 0.717) is 17.9 Å². The molecule has 3 heteroatoms. The molecular weight excluding hydrogens is 480 g/mol. The van der Waals surface area contributed by atoms with Crippen LogP contribution in [0.5, 0.6) is 11.5 Å². The predicted octanol–water partition coefficient (Wildman–Crippen LogP) is 8.49. The first kappa shape index (κ1) is 26.3. The van der Waals surface area contributed by atoms with Crippen LogP contribution < -0.4 is 9.47 Å². The number of para-hydroxylation sites is 2. The van der Waals surface area contributed by atoms with Crippen molar-refractivity contribution in [2.75, 3.05) is 13.7 Å². The third-order valence-corrected chi connectivity index (χ3v) is 7.12. The predicted molar refractivity (Wildman–Crippen MR) is 159 cm³/mol. The number of ether oxygens (including phenoxy) is 2. The molecule has 0 heterocycles. The average Bonchev–Trinajstić information content (AvgIpc) is 3.01. The summed E-state index contributed by atoms with van der Waals surface area (Å²) in [4.78, 5) is 0.